The molecule has 18 heavy (non-hydrogen) atoms. The van der Waals surface area contributed by atoms with E-state index < -0.39 is 6.10 Å². The summed E-state index contributed by atoms with van der Waals surface area (Å²) in [5.41, 5.74) is 4.32. The number of aliphatic hydroxyl groups is 1. The molecular formula is C16H18O2. The second-order valence-electron chi connectivity index (χ2n) is 4.68. The summed E-state index contributed by atoms with van der Waals surface area (Å²) in [6.07, 6.45) is 0.0549. The Labute approximate surface area is 108 Å². The Morgan fingerprint density at radius 1 is 1.00 bits per heavy atom. The van der Waals surface area contributed by atoms with Crippen LogP contribution in [0.2, 0.25) is 0 Å². The lowest BCUT2D eigenvalue weighted by Crippen LogP contribution is -2.04. The average molecular weight is 242 g/mol. The molecule has 0 saturated heterocycles. The lowest BCUT2D eigenvalue weighted by atomic mass is 9.95. The van der Waals surface area contributed by atoms with E-state index in [0.29, 0.717) is 6.42 Å². The number of aryl methyl sites for hydroxylation is 1. The molecule has 0 radical (unpaired) electrons. The first-order valence-electron chi connectivity index (χ1n) is 6.10. The van der Waals surface area contributed by atoms with Crippen molar-refractivity contribution in [3.8, 4) is 5.75 Å². The first kappa shape index (κ1) is 12.7. The number of phenolic OH excluding ortho intramolecular Hbond substituents is 1. The van der Waals surface area contributed by atoms with Crippen LogP contribution < -0.4 is 0 Å². The Morgan fingerprint density at radius 3 is 2.33 bits per heavy atom. The van der Waals surface area contributed by atoms with Crippen molar-refractivity contribution >= 4 is 0 Å². The van der Waals surface area contributed by atoms with E-state index in [1.54, 1.807) is 12.1 Å². The standard InChI is InChI=1S/C16H18O2/c1-11-4-3-5-15(12(11)2)16(18)10-13-6-8-14(17)9-7-13/h3-9,16-18H,10H2,1-2H3. The van der Waals surface area contributed by atoms with Gasteiger partial charge in [0.15, 0.2) is 0 Å². The van der Waals surface area contributed by atoms with Crippen LogP contribution in [0.1, 0.15) is 28.4 Å². The zero-order valence-electron chi connectivity index (χ0n) is 10.7. The second kappa shape index (κ2) is 5.23. The molecule has 0 amide bonds. The fourth-order valence-electron chi connectivity index (χ4n) is 2.10. The Hall–Kier alpha value is -1.80. The van der Waals surface area contributed by atoms with Gasteiger partial charge in [-0.1, -0.05) is 30.3 Å². The highest BCUT2D eigenvalue weighted by molar-refractivity contribution is 5.36. The van der Waals surface area contributed by atoms with Crippen LogP contribution in [-0.4, -0.2) is 10.2 Å². The first-order chi connectivity index (χ1) is 8.58. The number of rotatable bonds is 3. The molecule has 2 aromatic carbocycles. The monoisotopic (exact) mass is 242 g/mol. The zero-order valence-corrected chi connectivity index (χ0v) is 10.7. The molecule has 2 aromatic rings. The van der Waals surface area contributed by atoms with Gasteiger partial charge in [-0.25, -0.2) is 0 Å². The van der Waals surface area contributed by atoms with Gasteiger partial charge in [0, 0.05) is 6.42 Å². The fourth-order valence-corrected chi connectivity index (χ4v) is 2.10. The molecular weight excluding hydrogens is 224 g/mol. The van der Waals surface area contributed by atoms with E-state index in [2.05, 4.69) is 0 Å². The van der Waals surface area contributed by atoms with Gasteiger partial charge in [0.2, 0.25) is 0 Å². The first-order valence-corrected chi connectivity index (χ1v) is 6.10. The minimum atomic E-state index is -0.505. The molecule has 0 aliphatic carbocycles. The van der Waals surface area contributed by atoms with Crippen LogP contribution in [0.3, 0.4) is 0 Å². The van der Waals surface area contributed by atoms with Crippen molar-refractivity contribution in [2.24, 2.45) is 0 Å². The summed E-state index contributed by atoms with van der Waals surface area (Å²) in [7, 11) is 0. The van der Waals surface area contributed by atoms with E-state index in [9.17, 15) is 10.2 Å². The second-order valence-corrected chi connectivity index (χ2v) is 4.68. The summed E-state index contributed by atoms with van der Waals surface area (Å²) in [6, 6.07) is 12.9. The summed E-state index contributed by atoms with van der Waals surface area (Å²) in [5.74, 6) is 0.250. The molecule has 2 rings (SSSR count). The van der Waals surface area contributed by atoms with E-state index >= 15 is 0 Å². The minimum Gasteiger partial charge on any atom is -0.508 e. The number of aliphatic hydroxyl groups excluding tert-OH is 1. The third-order valence-electron chi connectivity index (χ3n) is 3.37. The molecule has 2 heteroatoms. The molecule has 0 aliphatic rings. The number of hydrogen-bond acceptors (Lipinski definition) is 2. The normalized spacial score (nSPS) is 12.4. The molecule has 2 N–H and O–H groups in total. The van der Waals surface area contributed by atoms with E-state index in [1.807, 2.05) is 44.2 Å². The van der Waals surface area contributed by atoms with Crippen molar-refractivity contribution in [1.82, 2.24) is 0 Å². The van der Waals surface area contributed by atoms with Crippen LogP contribution in [0.15, 0.2) is 42.5 Å². The van der Waals surface area contributed by atoms with Gasteiger partial charge in [-0.15, -0.1) is 0 Å². The molecule has 0 spiro atoms. The summed E-state index contributed by atoms with van der Waals surface area (Å²) < 4.78 is 0. The molecule has 0 aromatic heterocycles. The van der Waals surface area contributed by atoms with Gasteiger partial charge in [0.05, 0.1) is 6.10 Å². The maximum Gasteiger partial charge on any atom is 0.115 e. The largest absolute Gasteiger partial charge is 0.508 e. The van der Waals surface area contributed by atoms with Crippen LogP contribution >= 0.6 is 0 Å². The smallest absolute Gasteiger partial charge is 0.115 e. The number of aromatic hydroxyl groups is 1. The molecule has 1 unspecified atom stereocenters. The topological polar surface area (TPSA) is 40.5 Å². The summed E-state index contributed by atoms with van der Waals surface area (Å²) in [4.78, 5) is 0. The van der Waals surface area contributed by atoms with Gasteiger partial charge in [0.25, 0.3) is 0 Å². The Bertz CT molecular complexity index is 529. The quantitative estimate of drug-likeness (QED) is 0.867. The van der Waals surface area contributed by atoms with Crippen LogP contribution in [0, 0.1) is 13.8 Å². The van der Waals surface area contributed by atoms with Crippen LogP contribution in [-0.2, 0) is 6.42 Å². The Balaban J connectivity index is 2.19. The lowest BCUT2D eigenvalue weighted by molar-refractivity contribution is 0.177. The highest BCUT2D eigenvalue weighted by Gasteiger charge is 2.12. The zero-order chi connectivity index (χ0) is 13.1. The number of phenols is 1. The van der Waals surface area contributed by atoms with Crippen molar-refractivity contribution in [1.29, 1.82) is 0 Å². The van der Waals surface area contributed by atoms with E-state index in [0.717, 1.165) is 16.7 Å². The van der Waals surface area contributed by atoms with Gasteiger partial charge in [0.1, 0.15) is 5.75 Å². The average Bonchev–Trinajstić information content (AvgIpc) is 2.35. The SMILES string of the molecule is Cc1cccc(C(O)Cc2ccc(O)cc2)c1C. The highest BCUT2D eigenvalue weighted by atomic mass is 16.3. The maximum atomic E-state index is 10.3. The number of hydrogen-bond donors (Lipinski definition) is 2. The van der Waals surface area contributed by atoms with Crippen molar-refractivity contribution in [3.63, 3.8) is 0 Å². The molecule has 0 fully saturated rings. The van der Waals surface area contributed by atoms with E-state index in [-0.39, 0.29) is 5.75 Å². The van der Waals surface area contributed by atoms with Gasteiger partial charge in [-0.2, -0.15) is 0 Å². The third kappa shape index (κ3) is 2.71. The third-order valence-corrected chi connectivity index (χ3v) is 3.37. The van der Waals surface area contributed by atoms with Crippen molar-refractivity contribution in [2.45, 2.75) is 26.4 Å². The van der Waals surface area contributed by atoms with Crippen molar-refractivity contribution < 1.29 is 10.2 Å². The molecule has 0 heterocycles. The molecule has 0 aliphatic heterocycles. The van der Waals surface area contributed by atoms with E-state index in [1.165, 1.54) is 5.56 Å². The Morgan fingerprint density at radius 2 is 1.67 bits per heavy atom. The van der Waals surface area contributed by atoms with Gasteiger partial charge >= 0.3 is 0 Å². The van der Waals surface area contributed by atoms with Crippen LogP contribution in [0.4, 0.5) is 0 Å². The van der Waals surface area contributed by atoms with Gasteiger partial charge in [-0.05, 0) is 48.2 Å². The summed E-state index contributed by atoms with van der Waals surface area (Å²) in [6.45, 7) is 4.08. The molecule has 2 nitrogen and oxygen atoms in total. The highest BCUT2D eigenvalue weighted by Crippen LogP contribution is 2.24. The maximum absolute atomic E-state index is 10.3. The van der Waals surface area contributed by atoms with Gasteiger partial charge in [-0.3, -0.25) is 0 Å². The molecule has 0 bridgehead atoms. The molecule has 0 saturated carbocycles. The fraction of sp³-hybridized carbons (Fsp3) is 0.250. The van der Waals surface area contributed by atoms with E-state index in [4.69, 9.17) is 0 Å². The Kier molecular flexibility index (Phi) is 3.68. The minimum absolute atomic E-state index is 0.250. The predicted molar refractivity (Wildman–Crippen MR) is 72.7 cm³/mol. The van der Waals surface area contributed by atoms with Crippen molar-refractivity contribution in [2.75, 3.05) is 0 Å². The van der Waals surface area contributed by atoms with Crippen LogP contribution in [0.5, 0.6) is 5.75 Å². The van der Waals surface area contributed by atoms with Gasteiger partial charge < -0.3 is 10.2 Å². The molecule has 1 atom stereocenters. The van der Waals surface area contributed by atoms with Crippen LogP contribution in [0.25, 0.3) is 0 Å². The van der Waals surface area contributed by atoms with Crippen molar-refractivity contribution in [3.05, 3.63) is 64.7 Å². The lowest BCUT2D eigenvalue weighted by Gasteiger charge is -2.15. The molecule has 94 valence electrons. The summed E-state index contributed by atoms with van der Waals surface area (Å²) >= 11 is 0. The summed E-state index contributed by atoms with van der Waals surface area (Å²) in [5, 5.41) is 19.5. The number of benzene rings is 2. The predicted octanol–water partition coefficient (Wildman–Crippen LogP) is 3.29.